The van der Waals surface area contributed by atoms with Crippen LogP contribution >= 0.6 is 0 Å². The molecular formula is C21H17F3N2O3S. The minimum Gasteiger partial charge on any atom is -0.322 e. The van der Waals surface area contributed by atoms with Crippen molar-refractivity contribution in [1.29, 1.82) is 0 Å². The molecule has 3 aromatic rings. The van der Waals surface area contributed by atoms with Crippen LogP contribution in [-0.4, -0.2) is 21.4 Å². The summed E-state index contributed by atoms with van der Waals surface area (Å²) in [6.45, 7) is 0. The van der Waals surface area contributed by atoms with Gasteiger partial charge in [0, 0.05) is 18.3 Å². The van der Waals surface area contributed by atoms with Gasteiger partial charge in [-0.1, -0.05) is 30.3 Å². The Morgan fingerprint density at radius 3 is 2.23 bits per heavy atom. The summed E-state index contributed by atoms with van der Waals surface area (Å²) in [7, 11) is -2.49. The number of amides is 1. The van der Waals surface area contributed by atoms with E-state index in [4.69, 9.17) is 0 Å². The zero-order valence-corrected chi connectivity index (χ0v) is 16.5. The summed E-state index contributed by atoms with van der Waals surface area (Å²) in [6.07, 6.45) is -4.53. The SMILES string of the molecule is CN(c1cccc(C(=O)Nc2cccc(C(F)(F)F)c2)c1)S(=O)(=O)c1ccccc1. The normalized spacial score (nSPS) is 11.7. The molecule has 0 aliphatic heterocycles. The lowest BCUT2D eigenvalue weighted by molar-refractivity contribution is -0.137. The Kier molecular flexibility index (Phi) is 5.84. The monoisotopic (exact) mass is 434 g/mol. The molecule has 1 N–H and O–H groups in total. The van der Waals surface area contributed by atoms with Crippen molar-refractivity contribution in [2.75, 3.05) is 16.7 Å². The van der Waals surface area contributed by atoms with Gasteiger partial charge in [0.05, 0.1) is 16.1 Å². The van der Waals surface area contributed by atoms with Crippen LogP contribution in [0.2, 0.25) is 0 Å². The summed E-state index contributed by atoms with van der Waals surface area (Å²) < 4.78 is 65.1. The molecule has 0 saturated heterocycles. The molecular weight excluding hydrogens is 417 g/mol. The van der Waals surface area contributed by atoms with E-state index in [1.165, 1.54) is 55.6 Å². The Bertz CT molecular complexity index is 1160. The molecule has 9 heteroatoms. The van der Waals surface area contributed by atoms with Gasteiger partial charge in [0.25, 0.3) is 15.9 Å². The van der Waals surface area contributed by atoms with Crippen molar-refractivity contribution in [2.24, 2.45) is 0 Å². The lowest BCUT2D eigenvalue weighted by Gasteiger charge is -2.20. The third-order valence-corrected chi connectivity index (χ3v) is 6.12. The number of carbonyl (C=O) groups is 1. The van der Waals surface area contributed by atoms with E-state index in [2.05, 4.69) is 5.32 Å². The summed E-state index contributed by atoms with van der Waals surface area (Å²) in [5.74, 6) is -0.665. The summed E-state index contributed by atoms with van der Waals surface area (Å²) in [6, 6.07) is 17.8. The van der Waals surface area contributed by atoms with Crippen LogP contribution in [0.15, 0.2) is 83.8 Å². The summed E-state index contributed by atoms with van der Waals surface area (Å²) in [5.41, 5.74) is -0.580. The first-order valence-corrected chi connectivity index (χ1v) is 10.2. The number of nitrogens with one attached hydrogen (secondary N) is 1. The van der Waals surface area contributed by atoms with Crippen LogP contribution < -0.4 is 9.62 Å². The number of anilines is 2. The Balaban J connectivity index is 1.84. The number of alkyl halides is 3. The number of halogens is 3. The molecule has 30 heavy (non-hydrogen) atoms. The molecule has 0 heterocycles. The molecule has 0 unspecified atom stereocenters. The molecule has 0 aromatic heterocycles. The Labute approximate surface area is 171 Å². The summed E-state index contributed by atoms with van der Waals surface area (Å²) in [4.78, 5) is 12.6. The molecule has 3 rings (SSSR count). The molecule has 0 saturated carbocycles. The third-order valence-electron chi connectivity index (χ3n) is 4.32. The van der Waals surface area contributed by atoms with E-state index in [0.29, 0.717) is 0 Å². The fraction of sp³-hybridized carbons (Fsp3) is 0.0952. The fourth-order valence-electron chi connectivity index (χ4n) is 2.71. The number of carbonyl (C=O) groups excluding carboxylic acids is 1. The molecule has 1 amide bonds. The standard InChI is InChI=1S/C21H17F3N2O3S/c1-26(30(28,29)19-11-3-2-4-12-19)18-10-5-7-15(13-18)20(27)25-17-9-6-8-16(14-17)21(22,23)24/h2-14H,1H3,(H,25,27). The van der Waals surface area contributed by atoms with Crippen LogP contribution in [0.1, 0.15) is 15.9 Å². The first kappa shape index (κ1) is 21.4. The van der Waals surface area contributed by atoms with Gasteiger partial charge >= 0.3 is 6.18 Å². The largest absolute Gasteiger partial charge is 0.416 e. The van der Waals surface area contributed by atoms with Crippen molar-refractivity contribution in [1.82, 2.24) is 0 Å². The van der Waals surface area contributed by atoms with E-state index < -0.39 is 27.7 Å². The molecule has 0 atom stereocenters. The van der Waals surface area contributed by atoms with Crippen LogP contribution in [0.25, 0.3) is 0 Å². The Morgan fingerprint density at radius 2 is 1.57 bits per heavy atom. The highest BCUT2D eigenvalue weighted by Crippen LogP contribution is 2.31. The van der Waals surface area contributed by atoms with Gasteiger partial charge in [-0.05, 0) is 48.5 Å². The van der Waals surface area contributed by atoms with Crippen molar-refractivity contribution in [3.63, 3.8) is 0 Å². The number of sulfonamides is 1. The molecule has 0 bridgehead atoms. The minimum absolute atomic E-state index is 0.0227. The van der Waals surface area contributed by atoms with Gasteiger partial charge in [0.2, 0.25) is 0 Å². The van der Waals surface area contributed by atoms with E-state index in [1.54, 1.807) is 18.2 Å². The third kappa shape index (κ3) is 4.62. The Hall–Kier alpha value is -3.33. The first-order valence-electron chi connectivity index (χ1n) is 8.72. The van der Waals surface area contributed by atoms with Crippen LogP contribution in [0.5, 0.6) is 0 Å². The van der Waals surface area contributed by atoms with Crippen LogP contribution in [0.4, 0.5) is 24.5 Å². The molecule has 3 aromatic carbocycles. The van der Waals surface area contributed by atoms with Crippen molar-refractivity contribution >= 4 is 27.3 Å². The predicted molar refractivity (Wildman–Crippen MR) is 108 cm³/mol. The van der Waals surface area contributed by atoms with Gasteiger partial charge in [0.1, 0.15) is 0 Å². The molecule has 156 valence electrons. The topological polar surface area (TPSA) is 66.5 Å². The van der Waals surface area contributed by atoms with Gasteiger partial charge < -0.3 is 5.32 Å². The lowest BCUT2D eigenvalue weighted by Crippen LogP contribution is -2.26. The quantitative estimate of drug-likeness (QED) is 0.628. The van der Waals surface area contributed by atoms with Crippen molar-refractivity contribution in [2.45, 2.75) is 11.1 Å². The van der Waals surface area contributed by atoms with Crippen LogP contribution in [-0.2, 0) is 16.2 Å². The maximum absolute atomic E-state index is 12.8. The maximum Gasteiger partial charge on any atom is 0.416 e. The summed E-state index contributed by atoms with van der Waals surface area (Å²) >= 11 is 0. The van der Waals surface area contributed by atoms with Crippen LogP contribution in [0, 0.1) is 0 Å². The zero-order valence-electron chi connectivity index (χ0n) is 15.7. The van der Waals surface area contributed by atoms with E-state index in [0.717, 1.165) is 16.4 Å². The van der Waals surface area contributed by atoms with Crippen LogP contribution in [0.3, 0.4) is 0 Å². The first-order chi connectivity index (χ1) is 14.1. The van der Waals surface area contributed by atoms with E-state index in [-0.39, 0.29) is 21.8 Å². The van der Waals surface area contributed by atoms with E-state index >= 15 is 0 Å². The second kappa shape index (κ2) is 8.19. The van der Waals surface area contributed by atoms with Gasteiger partial charge in [-0.2, -0.15) is 13.2 Å². The predicted octanol–water partition coefficient (Wildman–Crippen LogP) is 4.78. The highest BCUT2D eigenvalue weighted by molar-refractivity contribution is 7.92. The second-order valence-corrected chi connectivity index (χ2v) is 8.34. The van der Waals surface area contributed by atoms with E-state index in [1.807, 2.05) is 0 Å². The highest BCUT2D eigenvalue weighted by atomic mass is 32.2. The average Bonchev–Trinajstić information content (AvgIpc) is 2.73. The molecule has 5 nitrogen and oxygen atoms in total. The molecule has 0 aliphatic rings. The van der Waals surface area contributed by atoms with Crippen molar-refractivity contribution < 1.29 is 26.4 Å². The highest BCUT2D eigenvalue weighted by Gasteiger charge is 2.30. The number of nitrogens with zero attached hydrogens (tertiary/aromatic N) is 1. The summed E-state index contributed by atoms with van der Waals surface area (Å²) in [5, 5.41) is 2.40. The molecule has 0 spiro atoms. The van der Waals surface area contributed by atoms with Gasteiger partial charge in [-0.3, -0.25) is 9.10 Å². The maximum atomic E-state index is 12.8. The van der Waals surface area contributed by atoms with Gasteiger partial charge in [-0.25, -0.2) is 8.42 Å². The lowest BCUT2D eigenvalue weighted by atomic mass is 10.1. The number of rotatable bonds is 5. The van der Waals surface area contributed by atoms with Gasteiger partial charge in [0.15, 0.2) is 0 Å². The minimum atomic E-state index is -4.53. The van der Waals surface area contributed by atoms with Crippen molar-refractivity contribution in [3.8, 4) is 0 Å². The number of hydrogen-bond acceptors (Lipinski definition) is 3. The average molecular weight is 434 g/mol. The smallest absolute Gasteiger partial charge is 0.322 e. The Morgan fingerprint density at radius 1 is 0.900 bits per heavy atom. The fourth-order valence-corrected chi connectivity index (χ4v) is 3.92. The van der Waals surface area contributed by atoms with Gasteiger partial charge in [-0.15, -0.1) is 0 Å². The molecule has 0 radical (unpaired) electrons. The number of benzene rings is 3. The zero-order chi connectivity index (χ0) is 21.9. The molecule has 0 aliphatic carbocycles. The second-order valence-electron chi connectivity index (χ2n) is 6.37. The van der Waals surface area contributed by atoms with Crippen molar-refractivity contribution in [3.05, 3.63) is 90.0 Å². The van der Waals surface area contributed by atoms with E-state index in [9.17, 15) is 26.4 Å². The number of hydrogen-bond donors (Lipinski definition) is 1. The molecule has 0 fully saturated rings.